The van der Waals surface area contributed by atoms with Crippen LogP contribution in [0.4, 0.5) is 11.5 Å². The highest BCUT2D eigenvalue weighted by molar-refractivity contribution is 7.89. The summed E-state index contributed by atoms with van der Waals surface area (Å²) in [5.74, 6) is -0.309. The number of nitrogens with zero attached hydrogens (tertiary/aromatic N) is 4. The molecule has 2 aromatic carbocycles. The lowest BCUT2D eigenvalue weighted by molar-refractivity contribution is -0.384. The van der Waals surface area contributed by atoms with Crippen LogP contribution in [0.3, 0.4) is 0 Å². The minimum Gasteiger partial charge on any atom is -0.306 e. The van der Waals surface area contributed by atoms with Gasteiger partial charge in [0.05, 0.1) is 31.8 Å². The third kappa shape index (κ3) is 4.61. The Kier molecular flexibility index (Phi) is 6.19. The van der Waals surface area contributed by atoms with Gasteiger partial charge in [0.25, 0.3) is 11.6 Å². The third-order valence-electron chi connectivity index (χ3n) is 5.26. The number of halogens is 1. The van der Waals surface area contributed by atoms with Crippen molar-refractivity contribution in [2.45, 2.75) is 24.7 Å². The zero-order valence-corrected chi connectivity index (χ0v) is 19.1. The maximum absolute atomic E-state index is 13.0. The summed E-state index contributed by atoms with van der Waals surface area (Å²) in [7, 11) is -3.72. The molecule has 0 saturated carbocycles. The normalized spacial score (nSPS) is 14.4. The number of sulfonamides is 1. The highest BCUT2D eigenvalue weighted by atomic mass is 35.5. The van der Waals surface area contributed by atoms with Gasteiger partial charge in [-0.3, -0.25) is 14.9 Å². The second-order valence-electron chi connectivity index (χ2n) is 7.56. The van der Waals surface area contributed by atoms with Crippen LogP contribution in [0, 0.1) is 17.0 Å². The van der Waals surface area contributed by atoms with Gasteiger partial charge in [-0.1, -0.05) is 11.6 Å². The molecule has 172 valence electrons. The van der Waals surface area contributed by atoms with Crippen LogP contribution in [0.5, 0.6) is 0 Å². The Labute approximate surface area is 195 Å². The molecule has 1 aliphatic heterocycles. The van der Waals surface area contributed by atoms with Crippen molar-refractivity contribution in [2.75, 3.05) is 18.4 Å². The summed E-state index contributed by atoms with van der Waals surface area (Å²) in [5, 5.41) is 18.0. The van der Waals surface area contributed by atoms with Crippen molar-refractivity contribution in [1.82, 2.24) is 14.1 Å². The van der Waals surface area contributed by atoms with Crippen molar-refractivity contribution >= 4 is 39.0 Å². The van der Waals surface area contributed by atoms with Gasteiger partial charge >= 0.3 is 0 Å². The molecule has 3 aromatic rings. The van der Waals surface area contributed by atoms with Gasteiger partial charge in [-0.05, 0) is 50.1 Å². The molecule has 33 heavy (non-hydrogen) atoms. The van der Waals surface area contributed by atoms with Crippen LogP contribution in [0.25, 0.3) is 5.69 Å². The smallest absolute Gasteiger partial charge is 0.269 e. The van der Waals surface area contributed by atoms with Gasteiger partial charge < -0.3 is 5.32 Å². The number of amides is 1. The number of benzene rings is 2. The van der Waals surface area contributed by atoms with Crippen LogP contribution >= 0.6 is 11.6 Å². The number of nitro benzene ring substituents is 1. The molecule has 0 aliphatic carbocycles. The van der Waals surface area contributed by atoms with E-state index in [0.717, 1.165) is 12.8 Å². The predicted octanol–water partition coefficient (Wildman–Crippen LogP) is 3.78. The molecule has 2 heterocycles. The van der Waals surface area contributed by atoms with E-state index in [2.05, 4.69) is 10.4 Å². The van der Waals surface area contributed by atoms with Crippen molar-refractivity contribution < 1.29 is 18.1 Å². The van der Waals surface area contributed by atoms with Crippen molar-refractivity contribution in [3.63, 3.8) is 0 Å². The van der Waals surface area contributed by atoms with Crippen molar-refractivity contribution in [3.8, 4) is 5.69 Å². The molecule has 12 heteroatoms. The van der Waals surface area contributed by atoms with Crippen LogP contribution in [-0.2, 0) is 10.0 Å². The summed E-state index contributed by atoms with van der Waals surface area (Å²) >= 11 is 6.22. The number of carbonyl (C=O) groups excluding carboxylic acids is 1. The van der Waals surface area contributed by atoms with E-state index in [1.165, 1.54) is 51.5 Å². The molecule has 1 amide bonds. The number of nitro groups is 1. The molecule has 10 nitrogen and oxygen atoms in total. The van der Waals surface area contributed by atoms with Gasteiger partial charge in [0, 0.05) is 31.3 Å². The third-order valence-corrected chi connectivity index (χ3v) is 7.49. The number of aryl methyl sites for hydroxylation is 1. The summed E-state index contributed by atoms with van der Waals surface area (Å²) in [6, 6.07) is 11.4. The summed E-state index contributed by atoms with van der Waals surface area (Å²) < 4.78 is 28.6. The molecule has 1 saturated heterocycles. The molecule has 0 spiro atoms. The zero-order chi connectivity index (χ0) is 23.8. The number of anilines is 1. The largest absolute Gasteiger partial charge is 0.306 e. The Bertz CT molecular complexity index is 1330. The Balaban J connectivity index is 1.64. The highest BCUT2D eigenvalue weighted by Crippen LogP contribution is 2.27. The van der Waals surface area contributed by atoms with Gasteiger partial charge in [-0.25, -0.2) is 13.1 Å². The first kappa shape index (κ1) is 22.9. The molecule has 0 unspecified atom stereocenters. The van der Waals surface area contributed by atoms with Gasteiger partial charge in [-0.15, -0.1) is 0 Å². The standard InChI is InChI=1S/C21H20ClN5O5S/c1-14-12-20(26(24-14)15-4-6-16(7-5-15)27(29)30)23-21(28)18-13-17(8-9-19(18)22)33(31,32)25-10-2-3-11-25/h4-9,12-13H,2-3,10-11H2,1H3,(H,23,28). The fourth-order valence-electron chi connectivity index (χ4n) is 3.60. The first-order valence-corrected chi connectivity index (χ1v) is 11.9. The average Bonchev–Trinajstić information content (AvgIpc) is 3.44. The summed E-state index contributed by atoms with van der Waals surface area (Å²) in [4.78, 5) is 23.4. The second kappa shape index (κ2) is 8.93. The lowest BCUT2D eigenvalue weighted by Gasteiger charge is -2.16. The maximum Gasteiger partial charge on any atom is 0.269 e. The van der Waals surface area contributed by atoms with E-state index in [9.17, 15) is 23.3 Å². The summed E-state index contributed by atoms with van der Waals surface area (Å²) in [6.07, 6.45) is 1.60. The Morgan fingerprint density at radius 1 is 1.12 bits per heavy atom. The van der Waals surface area contributed by atoms with Crippen LogP contribution in [0.15, 0.2) is 53.4 Å². The van der Waals surface area contributed by atoms with E-state index in [-0.39, 0.29) is 21.2 Å². The van der Waals surface area contributed by atoms with Gasteiger partial charge in [0.2, 0.25) is 10.0 Å². The van der Waals surface area contributed by atoms with Crippen molar-refractivity contribution in [1.29, 1.82) is 0 Å². The number of carbonyl (C=O) groups is 1. The first-order valence-electron chi connectivity index (χ1n) is 10.1. The SMILES string of the molecule is Cc1cc(NC(=O)c2cc(S(=O)(=O)N3CCCC3)ccc2Cl)n(-c2ccc([N+](=O)[O-])cc2)n1. The monoisotopic (exact) mass is 489 g/mol. The maximum atomic E-state index is 13.0. The molecule has 4 rings (SSSR count). The van der Waals surface area contributed by atoms with Gasteiger partial charge in [0.15, 0.2) is 0 Å². The van der Waals surface area contributed by atoms with Crippen LogP contribution in [0.1, 0.15) is 28.9 Å². The first-order chi connectivity index (χ1) is 15.7. The molecule has 0 bridgehead atoms. The molecular weight excluding hydrogens is 470 g/mol. The number of nitrogens with one attached hydrogen (secondary N) is 1. The quantitative estimate of drug-likeness (QED) is 0.414. The minimum absolute atomic E-state index is 0.000919. The molecule has 1 fully saturated rings. The lowest BCUT2D eigenvalue weighted by atomic mass is 10.2. The second-order valence-corrected chi connectivity index (χ2v) is 9.91. The van der Waals surface area contributed by atoms with E-state index < -0.39 is 20.9 Å². The molecule has 1 aliphatic rings. The van der Waals surface area contributed by atoms with Crippen LogP contribution in [-0.4, -0.2) is 46.4 Å². The fourth-order valence-corrected chi connectivity index (χ4v) is 5.35. The van der Waals surface area contributed by atoms with Crippen LogP contribution < -0.4 is 5.32 Å². The van der Waals surface area contributed by atoms with E-state index in [1.54, 1.807) is 13.0 Å². The summed E-state index contributed by atoms with van der Waals surface area (Å²) in [6.45, 7) is 2.62. The number of hydrogen-bond donors (Lipinski definition) is 1. The Morgan fingerprint density at radius 3 is 2.42 bits per heavy atom. The van der Waals surface area contributed by atoms with Crippen molar-refractivity contribution in [2.24, 2.45) is 0 Å². The predicted molar refractivity (Wildman–Crippen MR) is 122 cm³/mol. The van der Waals surface area contributed by atoms with E-state index in [4.69, 9.17) is 11.6 Å². The molecule has 0 radical (unpaired) electrons. The molecular formula is C21H20ClN5O5S. The zero-order valence-electron chi connectivity index (χ0n) is 17.6. The van der Waals surface area contributed by atoms with E-state index in [1.807, 2.05) is 0 Å². The fraction of sp³-hybridized carbons (Fsp3) is 0.238. The number of non-ortho nitro benzene ring substituents is 1. The van der Waals surface area contributed by atoms with Crippen molar-refractivity contribution in [3.05, 3.63) is 74.9 Å². The Hall–Kier alpha value is -3.28. The van der Waals surface area contributed by atoms with E-state index in [0.29, 0.717) is 30.3 Å². The number of hydrogen-bond acceptors (Lipinski definition) is 6. The topological polar surface area (TPSA) is 127 Å². The highest BCUT2D eigenvalue weighted by Gasteiger charge is 2.28. The Morgan fingerprint density at radius 2 is 1.79 bits per heavy atom. The molecule has 0 atom stereocenters. The van der Waals surface area contributed by atoms with E-state index >= 15 is 0 Å². The summed E-state index contributed by atoms with van der Waals surface area (Å²) in [5.41, 5.74) is 1.03. The van der Waals surface area contributed by atoms with Crippen LogP contribution in [0.2, 0.25) is 5.02 Å². The number of aromatic nitrogens is 2. The molecule has 1 N–H and O–H groups in total. The average molecular weight is 490 g/mol. The molecule has 1 aromatic heterocycles. The van der Waals surface area contributed by atoms with Gasteiger partial charge in [-0.2, -0.15) is 9.40 Å². The lowest BCUT2D eigenvalue weighted by Crippen LogP contribution is -2.28. The number of rotatable bonds is 6. The minimum atomic E-state index is -3.72. The van der Waals surface area contributed by atoms with Gasteiger partial charge in [0.1, 0.15) is 5.82 Å².